The van der Waals surface area contributed by atoms with E-state index in [4.69, 9.17) is 5.73 Å². The van der Waals surface area contributed by atoms with Crippen LogP contribution in [0.4, 0.5) is 5.69 Å². The highest BCUT2D eigenvalue weighted by Crippen LogP contribution is 2.18. The fourth-order valence-electron chi connectivity index (χ4n) is 1.22. The molecule has 0 heterocycles. The number of Topliss-reactive ketones (excluding diaryl/α,β-unsaturated/α-hetero) is 1. The van der Waals surface area contributed by atoms with Crippen molar-refractivity contribution in [2.24, 2.45) is 0 Å². The van der Waals surface area contributed by atoms with Gasteiger partial charge in [-0.15, -0.1) is 11.8 Å². The Bertz CT molecular complexity index is 409. The van der Waals surface area contributed by atoms with Gasteiger partial charge in [-0.2, -0.15) is 0 Å². The molecule has 0 bridgehead atoms. The van der Waals surface area contributed by atoms with Gasteiger partial charge in [0.1, 0.15) is 0 Å². The number of carbonyl (C=O) groups excluding carboxylic acids is 1. The standard InChI is InChI=1S/C12H12BrNO/c1-2-3-4-5-12(15)9-6-10(13)8-11(14)7-9/h6-8H,4-5,14H2,1H3. The number of anilines is 1. The summed E-state index contributed by atoms with van der Waals surface area (Å²) in [5.74, 6) is 5.70. The largest absolute Gasteiger partial charge is 0.399 e. The quantitative estimate of drug-likeness (QED) is 0.519. The molecule has 2 N–H and O–H groups in total. The van der Waals surface area contributed by atoms with Crippen LogP contribution >= 0.6 is 15.9 Å². The summed E-state index contributed by atoms with van der Waals surface area (Å²) in [7, 11) is 0. The van der Waals surface area contributed by atoms with E-state index < -0.39 is 0 Å². The summed E-state index contributed by atoms with van der Waals surface area (Å²) in [5, 5.41) is 0. The van der Waals surface area contributed by atoms with E-state index in [1.165, 1.54) is 0 Å². The first kappa shape index (κ1) is 11.8. The molecule has 0 aliphatic rings. The first-order chi connectivity index (χ1) is 7.13. The molecule has 1 aromatic carbocycles. The lowest BCUT2D eigenvalue weighted by molar-refractivity contribution is 0.0984. The molecule has 0 aliphatic heterocycles. The molecule has 2 nitrogen and oxygen atoms in total. The molecule has 0 aromatic heterocycles. The highest BCUT2D eigenvalue weighted by atomic mass is 79.9. The Kier molecular flexibility index (Phi) is 4.38. The number of ketones is 1. The van der Waals surface area contributed by atoms with Crippen LogP contribution in [0.15, 0.2) is 22.7 Å². The molecule has 78 valence electrons. The summed E-state index contributed by atoms with van der Waals surface area (Å²) in [6, 6.07) is 5.23. The Morgan fingerprint density at radius 2 is 2.20 bits per heavy atom. The zero-order valence-corrected chi connectivity index (χ0v) is 10.1. The van der Waals surface area contributed by atoms with Gasteiger partial charge >= 0.3 is 0 Å². The van der Waals surface area contributed by atoms with Crippen LogP contribution in [0.3, 0.4) is 0 Å². The normalized spacial score (nSPS) is 9.20. The summed E-state index contributed by atoms with van der Waals surface area (Å²) >= 11 is 3.30. The highest BCUT2D eigenvalue weighted by Gasteiger charge is 2.06. The van der Waals surface area contributed by atoms with Gasteiger partial charge in [-0.3, -0.25) is 4.79 Å². The number of benzene rings is 1. The van der Waals surface area contributed by atoms with Crippen molar-refractivity contribution in [3.05, 3.63) is 28.2 Å². The maximum Gasteiger partial charge on any atom is 0.163 e. The first-order valence-electron chi connectivity index (χ1n) is 4.62. The first-order valence-corrected chi connectivity index (χ1v) is 5.41. The molecule has 15 heavy (non-hydrogen) atoms. The van der Waals surface area contributed by atoms with Crippen LogP contribution in [-0.4, -0.2) is 5.78 Å². The average Bonchev–Trinajstić information content (AvgIpc) is 2.16. The fraction of sp³-hybridized carbons (Fsp3) is 0.250. The molecule has 0 aliphatic carbocycles. The fourth-order valence-corrected chi connectivity index (χ4v) is 1.73. The van der Waals surface area contributed by atoms with E-state index in [1.807, 2.05) is 0 Å². The maximum absolute atomic E-state index is 11.7. The SMILES string of the molecule is CC#CCCC(=O)c1cc(N)cc(Br)c1. The van der Waals surface area contributed by atoms with Crippen LogP contribution in [-0.2, 0) is 0 Å². The lowest BCUT2D eigenvalue weighted by atomic mass is 10.1. The predicted octanol–water partition coefficient (Wildman–Crippen LogP) is 3.02. The average molecular weight is 266 g/mol. The molecule has 0 saturated carbocycles. The van der Waals surface area contributed by atoms with E-state index in [2.05, 4.69) is 27.8 Å². The molecule has 1 rings (SSSR count). The van der Waals surface area contributed by atoms with E-state index in [-0.39, 0.29) is 5.78 Å². The number of nitrogen functional groups attached to an aromatic ring is 1. The zero-order valence-electron chi connectivity index (χ0n) is 8.51. The molecule has 0 radical (unpaired) electrons. The highest BCUT2D eigenvalue weighted by molar-refractivity contribution is 9.10. The van der Waals surface area contributed by atoms with E-state index in [0.717, 1.165) is 4.47 Å². The third-order valence-electron chi connectivity index (χ3n) is 1.90. The van der Waals surface area contributed by atoms with Gasteiger partial charge in [0.25, 0.3) is 0 Å². The number of rotatable bonds is 3. The molecule has 1 aromatic rings. The summed E-state index contributed by atoms with van der Waals surface area (Å²) in [5.41, 5.74) is 6.87. The van der Waals surface area contributed by atoms with Crippen molar-refractivity contribution >= 4 is 27.4 Å². The monoisotopic (exact) mass is 265 g/mol. The van der Waals surface area contributed by atoms with Crippen molar-refractivity contribution in [1.82, 2.24) is 0 Å². The zero-order chi connectivity index (χ0) is 11.3. The van der Waals surface area contributed by atoms with E-state index in [9.17, 15) is 4.79 Å². The van der Waals surface area contributed by atoms with Crippen LogP contribution in [0, 0.1) is 11.8 Å². The molecule has 0 amide bonds. The summed E-state index contributed by atoms with van der Waals surface area (Å²) in [6.45, 7) is 1.77. The number of halogens is 1. The van der Waals surface area contributed by atoms with Crippen molar-refractivity contribution in [2.75, 3.05) is 5.73 Å². The second-order valence-electron chi connectivity index (χ2n) is 3.12. The molecule has 0 unspecified atom stereocenters. The van der Waals surface area contributed by atoms with Gasteiger partial charge in [-0.1, -0.05) is 15.9 Å². The lowest BCUT2D eigenvalue weighted by Gasteiger charge is -2.01. The van der Waals surface area contributed by atoms with Crippen LogP contribution in [0.2, 0.25) is 0 Å². The predicted molar refractivity (Wildman–Crippen MR) is 65.6 cm³/mol. The van der Waals surface area contributed by atoms with Crippen molar-refractivity contribution < 1.29 is 4.79 Å². The molecule has 0 saturated heterocycles. The van der Waals surface area contributed by atoms with Crippen molar-refractivity contribution in [3.8, 4) is 11.8 Å². The summed E-state index contributed by atoms with van der Waals surface area (Å²) in [6.07, 6.45) is 1.04. The third kappa shape index (κ3) is 3.77. The second-order valence-corrected chi connectivity index (χ2v) is 4.04. The molecule has 0 fully saturated rings. The van der Waals surface area contributed by atoms with Gasteiger partial charge in [-0.05, 0) is 25.1 Å². The Balaban J connectivity index is 2.76. The van der Waals surface area contributed by atoms with Crippen LogP contribution in [0.25, 0.3) is 0 Å². The minimum Gasteiger partial charge on any atom is -0.399 e. The Labute approximate surface area is 98.0 Å². The minimum atomic E-state index is 0.0748. The van der Waals surface area contributed by atoms with Crippen LogP contribution in [0.5, 0.6) is 0 Å². The van der Waals surface area contributed by atoms with Crippen molar-refractivity contribution in [2.45, 2.75) is 19.8 Å². The van der Waals surface area contributed by atoms with Crippen LogP contribution in [0.1, 0.15) is 30.1 Å². The van der Waals surface area contributed by atoms with Gasteiger partial charge in [0, 0.05) is 28.6 Å². The molecular formula is C12H12BrNO. The minimum absolute atomic E-state index is 0.0748. The number of nitrogens with two attached hydrogens (primary N) is 1. The van der Waals surface area contributed by atoms with Crippen molar-refractivity contribution in [3.63, 3.8) is 0 Å². The lowest BCUT2D eigenvalue weighted by Crippen LogP contribution is -1.99. The van der Waals surface area contributed by atoms with E-state index >= 15 is 0 Å². The van der Waals surface area contributed by atoms with Gasteiger partial charge < -0.3 is 5.73 Å². The molecular weight excluding hydrogens is 254 g/mol. The Morgan fingerprint density at radius 1 is 1.47 bits per heavy atom. The maximum atomic E-state index is 11.7. The summed E-state index contributed by atoms with van der Waals surface area (Å²) in [4.78, 5) is 11.7. The topological polar surface area (TPSA) is 43.1 Å². The van der Waals surface area contributed by atoms with Crippen LogP contribution < -0.4 is 5.73 Å². The van der Waals surface area contributed by atoms with Gasteiger partial charge in [0.2, 0.25) is 0 Å². The second kappa shape index (κ2) is 5.57. The Hall–Kier alpha value is -1.27. The van der Waals surface area contributed by atoms with E-state index in [1.54, 1.807) is 25.1 Å². The van der Waals surface area contributed by atoms with Gasteiger partial charge in [0.15, 0.2) is 5.78 Å². The smallest absolute Gasteiger partial charge is 0.163 e. The Morgan fingerprint density at radius 3 is 2.80 bits per heavy atom. The number of hydrogen-bond acceptors (Lipinski definition) is 2. The van der Waals surface area contributed by atoms with Gasteiger partial charge in [-0.25, -0.2) is 0 Å². The van der Waals surface area contributed by atoms with E-state index in [0.29, 0.717) is 24.1 Å². The molecule has 3 heteroatoms. The number of hydrogen-bond donors (Lipinski definition) is 1. The van der Waals surface area contributed by atoms with Crippen molar-refractivity contribution in [1.29, 1.82) is 0 Å². The summed E-state index contributed by atoms with van der Waals surface area (Å²) < 4.78 is 0.826. The third-order valence-corrected chi connectivity index (χ3v) is 2.35. The number of carbonyl (C=O) groups is 1. The molecule has 0 atom stereocenters. The molecule has 0 spiro atoms. The van der Waals surface area contributed by atoms with Gasteiger partial charge in [0.05, 0.1) is 0 Å².